The average Bonchev–Trinajstić information content (AvgIpc) is 0.724. The highest BCUT2D eigenvalue weighted by atomic mass is 32.1. The van der Waals surface area contributed by atoms with Crippen molar-refractivity contribution in [2.75, 3.05) is 48.4 Å². The minimum atomic E-state index is -0.298. The third-order valence-corrected chi connectivity index (χ3v) is 21.4. The molecule has 0 atom stereocenters. The second-order valence-electron chi connectivity index (χ2n) is 27.3. The van der Waals surface area contributed by atoms with E-state index in [1.807, 2.05) is 121 Å². The summed E-state index contributed by atoms with van der Waals surface area (Å²) in [6, 6.07) is 49.7. The van der Waals surface area contributed by atoms with Gasteiger partial charge in [0.1, 0.15) is 46.0 Å². The third-order valence-electron chi connectivity index (χ3n) is 20.4. The monoisotopic (exact) mass is 1470 g/mol. The Morgan fingerprint density at radius 3 is 0.635 bits per heavy atom. The van der Waals surface area contributed by atoms with Crippen molar-refractivity contribution in [3.8, 4) is 46.0 Å². The second-order valence-corrected chi connectivity index (χ2v) is 28.9. The van der Waals surface area contributed by atoms with E-state index in [2.05, 4.69) is 94.5 Å². The Morgan fingerprint density at radius 2 is 0.462 bits per heavy atom. The number of rotatable bonds is 28. The molecule has 0 radical (unpaired) electrons. The second kappa shape index (κ2) is 35.6. The predicted octanol–water partition coefficient (Wildman–Crippen LogP) is 19.7. The van der Waals surface area contributed by atoms with Gasteiger partial charge in [-0.05, 0) is 147 Å². The van der Waals surface area contributed by atoms with Gasteiger partial charge in [0.2, 0.25) is 27.2 Å². The number of para-hydroxylation sites is 4. The molecule has 16 nitrogen and oxygen atoms in total. The maximum atomic E-state index is 7.32. The molecular formula is C84H96N8O8S4. The fourth-order valence-electron chi connectivity index (χ4n) is 15.4. The minimum absolute atomic E-state index is 0.149. The lowest BCUT2D eigenvalue weighted by Crippen LogP contribution is -2.31. The molecule has 544 valence electrons. The van der Waals surface area contributed by atoms with Gasteiger partial charge in [-0.3, -0.25) is 0 Å². The molecule has 4 aliphatic heterocycles. The first-order valence-corrected chi connectivity index (χ1v) is 38.9. The van der Waals surface area contributed by atoms with Gasteiger partial charge in [0.05, 0.1) is 22.3 Å². The van der Waals surface area contributed by atoms with Crippen LogP contribution < -0.4 is 80.4 Å². The first-order valence-electron chi connectivity index (χ1n) is 37.3. The highest BCUT2D eigenvalue weighted by Crippen LogP contribution is 2.59. The van der Waals surface area contributed by atoms with E-state index in [0.717, 1.165) is 192 Å². The Hall–Kier alpha value is -9.08. The Bertz CT molecular complexity index is 3660. The van der Waals surface area contributed by atoms with Gasteiger partial charge in [-0.25, -0.2) is 0 Å². The number of nitrogens with one attached hydrogen (secondary N) is 8. The molecule has 8 bridgehead atoms. The van der Waals surface area contributed by atoms with Crippen LogP contribution >= 0.6 is 48.9 Å². The number of ether oxygens (including phenoxy) is 8. The summed E-state index contributed by atoms with van der Waals surface area (Å²) in [6.07, 6.45) is 14.8. The van der Waals surface area contributed by atoms with Crippen LogP contribution in [-0.2, 0) is 26.2 Å². The molecule has 4 heterocycles. The summed E-state index contributed by atoms with van der Waals surface area (Å²) in [7, 11) is 0. The average molecular weight is 1470 g/mol. The zero-order chi connectivity index (χ0) is 71.7. The van der Waals surface area contributed by atoms with E-state index in [1.165, 1.54) is 0 Å². The lowest BCUT2D eigenvalue weighted by molar-refractivity contribution is 0.0942. The number of hydrogen-bond acceptors (Lipinski definition) is 12. The molecule has 0 fully saturated rings. The summed E-state index contributed by atoms with van der Waals surface area (Å²) >= 11 is 24.8. The highest BCUT2D eigenvalue weighted by Gasteiger charge is 2.42. The van der Waals surface area contributed by atoms with E-state index in [-0.39, 0.29) is 77.0 Å². The Morgan fingerprint density at radius 1 is 0.279 bits per heavy atom. The number of anilines is 4. The summed E-state index contributed by atoms with van der Waals surface area (Å²) in [6.45, 7) is 9.44. The van der Waals surface area contributed by atoms with Crippen LogP contribution in [-0.4, -0.2) is 47.6 Å². The molecule has 8 aromatic rings. The molecule has 0 saturated heterocycles. The van der Waals surface area contributed by atoms with Crippen LogP contribution in [0.4, 0.5) is 22.7 Å². The molecule has 8 N–H and O–H groups in total. The van der Waals surface area contributed by atoms with Gasteiger partial charge in [-0.15, -0.1) is 0 Å². The lowest BCUT2D eigenvalue weighted by Gasteiger charge is -2.38. The van der Waals surface area contributed by atoms with E-state index < -0.39 is 0 Å². The van der Waals surface area contributed by atoms with Crippen LogP contribution in [0.2, 0.25) is 0 Å². The summed E-state index contributed by atoms with van der Waals surface area (Å²) in [5, 5.41) is 30.2. The number of thiocarbonyl (C=S) groups is 4. The molecule has 5 aliphatic rings. The lowest BCUT2D eigenvalue weighted by atomic mass is 9.74. The van der Waals surface area contributed by atoms with Crippen molar-refractivity contribution in [1.29, 1.82) is 0 Å². The normalized spacial score (nSPS) is 16.1. The van der Waals surface area contributed by atoms with Crippen LogP contribution in [0.25, 0.3) is 0 Å². The molecule has 0 saturated carbocycles. The van der Waals surface area contributed by atoms with E-state index in [9.17, 15) is 0 Å². The zero-order valence-corrected chi connectivity index (χ0v) is 63.3. The molecule has 0 spiro atoms. The first-order chi connectivity index (χ1) is 51.1. The molecular weight excluding hydrogens is 1380 g/mol. The van der Waals surface area contributed by atoms with Gasteiger partial charge in [0, 0.05) is 117 Å². The van der Waals surface area contributed by atoms with Crippen molar-refractivity contribution in [2.45, 2.75) is 180 Å². The SMILES string of the molecule is CCCCCC1c2cc3c4c(CNC(=S)Nc5ccccc5)c2OCOc2c1cc1c(c2CNC(=S)Nc2ccccc2)OCOc2c(cc5c(c2CNC(=S)Nc2ccccc2)OCOc2c(cc(c(c2CNC(=S)Nc2ccccc2)OCO4)C3CCCCC)C5CCCCC)C1CCCCC. The largest absolute Gasteiger partial charge is 0.457 e. The Balaban J connectivity index is 1.13. The summed E-state index contributed by atoms with van der Waals surface area (Å²) in [5.41, 5.74) is 15.0. The molecule has 0 unspecified atom stereocenters. The predicted molar refractivity (Wildman–Crippen MR) is 432 cm³/mol. The third kappa shape index (κ3) is 17.0. The van der Waals surface area contributed by atoms with E-state index in [1.54, 1.807) is 0 Å². The topological polar surface area (TPSA) is 170 Å². The van der Waals surface area contributed by atoms with Gasteiger partial charge >= 0.3 is 0 Å². The van der Waals surface area contributed by atoms with Crippen LogP contribution in [0.1, 0.15) is 221 Å². The Kier molecular flexibility index (Phi) is 25.1. The van der Waals surface area contributed by atoms with Crippen LogP contribution in [0.5, 0.6) is 46.0 Å². The smallest absolute Gasteiger partial charge is 0.230 e. The molecule has 20 heteroatoms. The van der Waals surface area contributed by atoms with Gasteiger partial charge < -0.3 is 80.4 Å². The van der Waals surface area contributed by atoms with E-state index in [0.29, 0.717) is 66.4 Å². The van der Waals surface area contributed by atoms with Crippen molar-refractivity contribution in [3.63, 3.8) is 0 Å². The van der Waals surface area contributed by atoms with Crippen LogP contribution in [0, 0.1) is 0 Å². The van der Waals surface area contributed by atoms with E-state index in [4.69, 9.17) is 86.8 Å². The van der Waals surface area contributed by atoms with E-state index >= 15 is 0 Å². The number of benzene rings is 8. The quantitative estimate of drug-likeness (QED) is 0.0172. The van der Waals surface area contributed by atoms with Crippen molar-refractivity contribution in [2.24, 2.45) is 0 Å². The summed E-state index contributed by atoms with van der Waals surface area (Å²) < 4.78 is 58.6. The molecule has 0 aromatic heterocycles. The number of hydrogen-bond donors (Lipinski definition) is 8. The van der Waals surface area contributed by atoms with Crippen molar-refractivity contribution in [1.82, 2.24) is 21.3 Å². The fourth-order valence-corrected chi connectivity index (χ4v) is 16.2. The summed E-state index contributed by atoms with van der Waals surface area (Å²) in [5.74, 6) is 4.22. The van der Waals surface area contributed by atoms with Crippen LogP contribution in [0.15, 0.2) is 146 Å². The van der Waals surface area contributed by atoms with Crippen molar-refractivity contribution < 1.29 is 37.9 Å². The van der Waals surface area contributed by atoms with Crippen LogP contribution in [0.3, 0.4) is 0 Å². The molecule has 8 aromatic carbocycles. The maximum Gasteiger partial charge on any atom is 0.230 e. The molecule has 1 aliphatic carbocycles. The Labute approximate surface area is 634 Å². The highest BCUT2D eigenvalue weighted by molar-refractivity contribution is 7.81. The summed E-state index contributed by atoms with van der Waals surface area (Å²) in [4.78, 5) is 0. The molecule has 13 rings (SSSR count). The number of unbranched alkanes of at least 4 members (excludes halogenated alkanes) is 8. The van der Waals surface area contributed by atoms with Gasteiger partial charge in [0.15, 0.2) is 20.4 Å². The fraction of sp³-hybridized carbons (Fsp3) is 0.381. The maximum absolute atomic E-state index is 7.32. The molecule has 0 amide bonds. The van der Waals surface area contributed by atoms with Crippen molar-refractivity contribution in [3.05, 3.63) is 212 Å². The van der Waals surface area contributed by atoms with Gasteiger partial charge in [0.25, 0.3) is 0 Å². The van der Waals surface area contributed by atoms with Crippen molar-refractivity contribution >= 4 is 92.1 Å². The first kappa shape index (κ1) is 73.2. The standard InChI is InChI=1S/C84H96N8O8S4/c1-5-9-17-37-57-61-41-63-58(38-18-10-6-2)65-43-67-60(40-20-12-8-4)68-44-66-59(39-19-11-7-3)64-42-62(57)74-70(46-86-82(102)90-54-31-23-14-24-32-54)76(64)96-51-98-78(66)72(48-88-84(104)92-56-35-27-16-28-36-56)80(68)100-52-99-79(67)71(47-87-83(103)91-55-33-25-15-26-34-55)77(65)97-50-95-75(63)69(73(61)93-49-94-74)45-85-81(101)89-53-29-21-13-22-30-53/h13-16,21-36,41-44,57-60H,5-12,17-20,37-40,45-52H2,1-4H3,(H2,85,89,101)(H2,86,90,102)(H2,87,91,103)(H2,88,92,104). The van der Waals surface area contributed by atoms with Gasteiger partial charge in [-0.1, -0.05) is 178 Å². The van der Waals surface area contributed by atoms with Gasteiger partial charge in [-0.2, -0.15) is 0 Å². The minimum Gasteiger partial charge on any atom is -0.457 e. The zero-order valence-electron chi connectivity index (χ0n) is 60.0. The molecule has 104 heavy (non-hydrogen) atoms.